The van der Waals surface area contributed by atoms with E-state index in [0.29, 0.717) is 0 Å². The lowest BCUT2D eigenvalue weighted by Gasteiger charge is -2.06. The minimum Gasteiger partial charge on any atom is -0.519 e. The molecule has 0 atom stereocenters. The third-order valence-corrected chi connectivity index (χ3v) is 3.46. The SMILES string of the molecule is CCCc1cc2c(cc1C)OB(c1ccccc1)O2. The predicted molar refractivity (Wildman–Crippen MR) is 78.3 cm³/mol. The van der Waals surface area contributed by atoms with Crippen molar-refractivity contribution in [2.75, 3.05) is 0 Å². The molecule has 19 heavy (non-hydrogen) atoms. The van der Waals surface area contributed by atoms with E-state index in [0.717, 1.165) is 29.8 Å². The summed E-state index contributed by atoms with van der Waals surface area (Å²) in [6.07, 6.45) is 2.22. The molecule has 0 N–H and O–H groups in total. The Bertz CT molecular complexity index is 581. The Morgan fingerprint density at radius 1 is 1.00 bits per heavy atom. The van der Waals surface area contributed by atoms with Crippen LogP contribution in [0.15, 0.2) is 42.5 Å². The number of fused-ring (bicyclic) bond motifs is 1. The lowest BCUT2D eigenvalue weighted by molar-refractivity contribution is 0.518. The van der Waals surface area contributed by atoms with E-state index in [1.54, 1.807) is 0 Å². The molecule has 0 saturated carbocycles. The van der Waals surface area contributed by atoms with Crippen LogP contribution in [0.5, 0.6) is 11.5 Å². The zero-order valence-electron chi connectivity index (χ0n) is 11.3. The minimum absolute atomic E-state index is 0.313. The van der Waals surface area contributed by atoms with Crippen LogP contribution in [0.2, 0.25) is 0 Å². The van der Waals surface area contributed by atoms with Gasteiger partial charge in [-0.2, -0.15) is 0 Å². The van der Waals surface area contributed by atoms with Gasteiger partial charge in [-0.1, -0.05) is 43.7 Å². The predicted octanol–water partition coefficient (Wildman–Crippen LogP) is 3.11. The Morgan fingerprint density at radius 3 is 2.37 bits per heavy atom. The molecular formula is C16H17BO2. The van der Waals surface area contributed by atoms with Crippen molar-refractivity contribution < 1.29 is 9.31 Å². The maximum absolute atomic E-state index is 5.91. The van der Waals surface area contributed by atoms with E-state index >= 15 is 0 Å². The monoisotopic (exact) mass is 252 g/mol. The second-order valence-corrected chi connectivity index (χ2v) is 4.95. The first kappa shape index (κ1) is 12.2. The van der Waals surface area contributed by atoms with E-state index in [1.165, 1.54) is 11.1 Å². The number of rotatable bonds is 3. The smallest absolute Gasteiger partial charge is 0.519 e. The maximum Gasteiger partial charge on any atom is 0.632 e. The van der Waals surface area contributed by atoms with Crippen molar-refractivity contribution in [3.63, 3.8) is 0 Å². The highest BCUT2D eigenvalue weighted by Crippen LogP contribution is 2.36. The lowest BCUT2D eigenvalue weighted by atomic mass is 9.79. The molecule has 3 rings (SSSR count). The first-order valence-electron chi connectivity index (χ1n) is 6.79. The largest absolute Gasteiger partial charge is 0.632 e. The molecule has 0 aromatic heterocycles. The third-order valence-electron chi connectivity index (χ3n) is 3.46. The first-order chi connectivity index (χ1) is 9.28. The van der Waals surface area contributed by atoms with Crippen LogP contribution in [0, 0.1) is 6.92 Å². The summed E-state index contributed by atoms with van der Waals surface area (Å²) in [7, 11) is -0.313. The molecule has 0 unspecified atom stereocenters. The molecule has 0 amide bonds. The van der Waals surface area contributed by atoms with Crippen molar-refractivity contribution in [2.45, 2.75) is 26.7 Å². The van der Waals surface area contributed by atoms with Gasteiger partial charge in [0.05, 0.1) is 0 Å². The standard InChI is InChI=1S/C16H17BO2/c1-3-7-13-11-16-15(10-12(13)2)18-17(19-16)14-8-5-4-6-9-14/h4-6,8-11H,3,7H2,1-2H3. The second kappa shape index (κ2) is 5.00. The molecule has 2 nitrogen and oxygen atoms in total. The van der Waals surface area contributed by atoms with E-state index in [4.69, 9.17) is 9.31 Å². The van der Waals surface area contributed by atoms with Gasteiger partial charge in [-0.05, 0) is 36.6 Å². The minimum atomic E-state index is -0.313. The fourth-order valence-corrected chi connectivity index (χ4v) is 2.43. The summed E-state index contributed by atoms with van der Waals surface area (Å²) in [5, 5.41) is 0. The van der Waals surface area contributed by atoms with Gasteiger partial charge >= 0.3 is 7.12 Å². The topological polar surface area (TPSA) is 18.5 Å². The molecule has 0 bridgehead atoms. The van der Waals surface area contributed by atoms with E-state index in [-0.39, 0.29) is 7.12 Å². The van der Waals surface area contributed by atoms with E-state index in [9.17, 15) is 0 Å². The van der Waals surface area contributed by atoms with Crippen LogP contribution in [-0.2, 0) is 6.42 Å². The average molecular weight is 252 g/mol. The molecule has 2 aromatic carbocycles. The molecule has 0 aliphatic carbocycles. The van der Waals surface area contributed by atoms with Crippen LogP contribution in [-0.4, -0.2) is 7.12 Å². The Morgan fingerprint density at radius 2 is 1.68 bits per heavy atom. The van der Waals surface area contributed by atoms with Gasteiger partial charge in [0.1, 0.15) is 11.5 Å². The lowest BCUT2D eigenvalue weighted by Crippen LogP contribution is -2.38. The van der Waals surface area contributed by atoms with Crippen LogP contribution < -0.4 is 14.8 Å². The van der Waals surface area contributed by atoms with Gasteiger partial charge in [-0.3, -0.25) is 0 Å². The molecule has 96 valence electrons. The van der Waals surface area contributed by atoms with Crippen LogP contribution in [0.25, 0.3) is 0 Å². The Hall–Kier alpha value is -1.90. The zero-order chi connectivity index (χ0) is 13.2. The van der Waals surface area contributed by atoms with Crippen molar-refractivity contribution in [2.24, 2.45) is 0 Å². The molecule has 0 radical (unpaired) electrons. The number of benzene rings is 2. The van der Waals surface area contributed by atoms with Gasteiger partial charge in [0.25, 0.3) is 0 Å². The molecule has 2 aromatic rings. The van der Waals surface area contributed by atoms with Crippen LogP contribution >= 0.6 is 0 Å². The molecule has 1 aliphatic heterocycles. The molecule has 1 aliphatic rings. The third kappa shape index (κ3) is 2.33. The molecule has 1 heterocycles. The zero-order valence-corrected chi connectivity index (χ0v) is 11.3. The second-order valence-electron chi connectivity index (χ2n) is 4.95. The molecule has 0 spiro atoms. The first-order valence-corrected chi connectivity index (χ1v) is 6.79. The molecular weight excluding hydrogens is 235 g/mol. The normalized spacial score (nSPS) is 12.8. The summed E-state index contributed by atoms with van der Waals surface area (Å²) < 4.78 is 11.8. The summed E-state index contributed by atoms with van der Waals surface area (Å²) in [6.45, 7) is 4.32. The Balaban J connectivity index is 1.88. The average Bonchev–Trinajstić information content (AvgIpc) is 2.83. The van der Waals surface area contributed by atoms with E-state index in [2.05, 4.69) is 26.0 Å². The number of aryl methyl sites for hydroxylation is 2. The highest BCUT2D eigenvalue weighted by molar-refractivity contribution is 6.63. The Kier molecular flexibility index (Phi) is 3.20. The summed E-state index contributed by atoms with van der Waals surface area (Å²) >= 11 is 0. The summed E-state index contributed by atoms with van der Waals surface area (Å²) in [6, 6.07) is 14.2. The quantitative estimate of drug-likeness (QED) is 0.781. The van der Waals surface area contributed by atoms with E-state index < -0.39 is 0 Å². The van der Waals surface area contributed by atoms with Gasteiger partial charge in [-0.15, -0.1) is 0 Å². The highest BCUT2D eigenvalue weighted by atomic mass is 16.6. The van der Waals surface area contributed by atoms with Crippen molar-refractivity contribution in [3.05, 3.63) is 53.6 Å². The van der Waals surface area contributed by atoms with Gasteiger partial charge in [0.2, 0.25) is 0 Å². The van der Waals surface area contributed by atoms with Crippen molar-refractivity contribution >= 4 is 12.6 Å². The van der Waals surface area contributed by atoms with Crippen LogP contribution in [0.1, 0.15) is 24.5 Å². The molecule has 0 saturated heterocycles. The Labute approximate surface area is 114 Å². The van der Waals surface area contributed by atoms with Crippen LogP contribution in [0.4, 0.5) is 0 Å². The van der Waals surface area contributed by atoms with Gasteiger partial charge < -0.3 is 9.31 Å². The molecule has 3 heteroatoms. The number of hydrogen-bond donors (Lipinski definition) is 0. The van der Waals surface area contributed by atoms with Crippen LogP contribution in [0.3, 0.4) is 0 Å². The van der Waals surface area contributed by atoms with Crippen molar-refractivity contribution in [1.82, 2.24) is 0 Å². The summed E-state index contributed by atoms with van der Waals surface area (Å²) in [4.78, 5) is 0. The van der Waals surface area contributed by atoms with Gasteiger partial charge in [0, 0.05) is 5.46 Å². The molecule has 0 fully saturated rings. The summed E-state index contributed by atoms with van der Waals surface area (Å²) in [5.41, 5.74) is 3.67. The van der Waals surface area contributed by atoms with Crippen molar-refractivity contribution in [3.8, 4) is 11.5 Å². The maximum atomic E-state index is 5.91. The fraction of sp³-hybridized carbons (Fsp3) is 0.250. The van der Waals surface area contributed by atoms with Crippen molar-refractivity contribution in [1.29, 1.82) is 0 Å². The number of hydrogen-bond acceptors (Lipinski definition) is 2. The fourth-order valence-electron chi connectivity index (χ4n) is 2.43. The van der Waals surface area contributed by atoms with E-state index in [1.807, 2.05) is 30.3 Å². The van der Waals surface area contributed by atoms with Gasteiger partial charge in [-0.25, -0.2) is 0 Å². The van der Waals surface area contributed by atoms with Gasteiger partial charge in [0.15, 0.2) is 0 Å². The highest BCUT2D eigenvalue weighted by Gasteiger charge is 2.34. The summed E-state index contributed by atoms with van der Waals surface area (Å²) in [5.74, 6) is 1.72.